The predicted octanol–water partition coefficient (Wildman–Crippen LogP) is 4.84. The molecular weight excluding hydrogens is 182 g/mol. The van der Waals surface area contributed by atoms with Gasteiger partial charge in [-0.05, 0) is 40.0 Å². The van der Waals surface area contributed by atoms with Crippen LogP contribution in [0.5, 0.6) is 0 Å². The van der Waals surface area contributed by atoms with Crippen molar-refractivity contribution in [3.8, 4) is 0 Å². The number of rotatable bonds is 1. The molecule has 1 aliphatic heterocycles. The van der Waals surface area contributed by atoms with Crippen LogP contribution in [0.4, 0.5) is 0 Å². The number of hydrogen-bond acceptors (Lipinski definition) is 1. The summed E-state index contributed by atoms with van der Waals surface area (Å²) in [6, 6.07) is 0. The van der Waals surface area contributed by atoms with Gasteiger partial charge in [0, 0.05) is 18.8 Å². The predicted molar refractivity (Wildman–Crippen MR) is 72.2 cm³/mol. The van der Waals surface area contributed by atoms with Crippen molar-refractivity contribution in [1.82, 2.24) is 4.90 Å². The van der Waals surface area contributed by atoms with E-state index in [1.54, 1.807) is 5.57 Å². The molecule has 92 valence electrons. The number of allylic oxidation sites excluding steroid dienone is 2. The minimum Gasteiger partial charge on any atom is -0.375 e. The minimum atomic E-state index is 1.17. The standard InChI is InChI=1S/C10H19N.2C2H6/c1-4-11-8-6-5-7-9(2)10(11)3;2*1-2/h4-8H2,1-3H3;2*1-2H3. The normalized spacial score (nSPS) is 15.8. The lowest BCUT2D eigenvalue weighted by atomic mass is 10.1. The van der Waals surface area contributed by atoms with Crippen LogP contribution in [0.15, 0.2) is 11.3 Å². The van der Waals surface area contributed by atoms with Gasteiger partial charge in [-0.3, -0.25) is 0 Å². The van der Waals surface area contributed by atoms with Gasteiger partial charge in [-0.15, -0.1) is 0 Å². The summed E-state index contributed by atoms with van der Waals surface area (Å²) in [6.45, 7) is 17.2. The minimum absolute atomic E-state index is 1.17. The van der Waals surface area contributed by atoms with E-state index in [0.717, 1.165) is 0 Å². The Labute approximate surface area is 97.6 Å². The Morgan fingerprint density at radius 2 is 1.53 bits per heavy atom. The maximum absolute atomic E-state index is 2.49. The molecule has 0 aromatic heterocycles. The zero-order valence-corrected chi connectivity index (χ0v) is 12.0. The summed E-state index contributed by atoms with van der Waals surface area (Å²) in [5.41, 5.74) is 3.11. The lowest BCUT2D eigenvalue weighted by Crippen LogP contribution is -2.21. The van der Waals surface area contributed by atoms with Crippen molar-refractivity contribution in [2.45, 2.75) is 67.7 Å². The molecule has 0 atom stereocenters. The molecule has 0 amide bonds. The summed E-state index contributed by atoms with van der Waals surface area (Å²) in [5, 5.41) is 0. The quantitative estimate of drug-likeness (QED) is 0.602. The van der Waals surface area contributed by atoms with Gasteiger partial charge in [-0.25, -0.2) is 0 Å². The van der Waals surface area contributed by atoms with Gasteiger partial charge in [0.1, 0.15) is 0 Å². The molecule has 1 aliphatic rings. The van der Waals surface area contributed by atoms with E-state index in [0.29, 0.717) is 0 Å². The zero-order chi connectivity index (χ0) is 12.3. The number of nitrogens with zero attached hydrogens (tertiary/aromatic N) is 1. The van der Waals surface area contributed by atoms with Crippen LogP contribution >= 0.6 is 0 Å². The number of hydrogen-bond donors (Lipinski definition) is 0. The SMILES string of the molecule is CC.CC.CCN1CCCCC(C)=C1C. The Hall–Kier alpha value is -0.460. The van der Waals surface area contributed by atoms with Gasteiger partial charge < -0.3 is 4.90 Å². The van der Waals surface area contributed by atoms with Crippen LogP contribution in [0.2, 0.25) is 0 Å². The van der Waals surface area contributed by atoms with Crippen molar-refractivity contribution in [2.75, 3.05) is 13.1 Å². The third-order valence-electron chi connectivity index (χ3n) is 2.70. The summed E-state index contributed by atoms with van der Waals surface area (Å²) in [7, 11) is 0. The van der Waals surface area contributed by atoms with Crippen LogP contribution in [-0.2, 0) is 0 Å². The lowest BCUT2D eigenvalue weighted by molar-refractivity contribution is 0.362. The molecule has 1 heterocycles. The van der Waals surface area contributed by atoms with Gasteiger partial charge in [-0.2, -0.15) is 0 Å². The van der Waals surface area contributed by atoms with Crippen molar-refractivity contribution in [1.29, 1.82) is 0 Å². The van der Waals surface area contributed by atoms with Crippen molar-refractivity contribution in [3.05, 3.63) is 11.3 Å². The van der Waals surface area contributed by atoms with E-state index in [2.05, 4.69) is 25.7 Å². The molecule has 0 unspecified atom stereocenters. The van der Waals surface area contributed by atoms with Gasteiger partial charge >= 0.3 is 0 Å². The summed E-state index contributed by atoms with van der Waals surface area (Å²) in [4.78, 5) is 2.49. The van der Waals surface area contributed by atoms with Gasteiger partial charge in [0.2, 0.25) is 0 Å². The second-order valence-electron chi connectivity index (χ2n) is 3.40. The van der Waals surface area contributed by atoms with Crippen molar-refractivity contribution in [2.24, 2.45) is 0 Å². The van der Waals surface area contributed by atoms with Crippen molar-refractivity contribution < 1.29 is 0 Å². The fourth-order valence-electron chi connectivity index (χ4n) is 1.71. The van der Waals surface area contributed by atoms with E-state index < -0.39 is 0 Å². The van der Waals surface area contributed by atoms with E-state index in [1.807, 2.05) is 27.7 Å². The molecular formula is C14H31N. The van der Waals surface area contributed by atoms with Crippen molar-refractivity contribution >= 4 is 0 Å². The molecule has 0 spiro atoms. The molecule has 0 bridgehead atoms. The van der Waals surface area contributed by atoms with Crippen LogP contribution in [-0.4, -0.2) is 18.0 Å². The average molecular weight is 213 g/mol. The first kappa shape index (κ1) is 17.0. The van der Waals surface area contributed by atoms with E-state index in [1.165, 1.54) is 38.0 Å². The van der Waals surface area contributed by atoms with Crippen LogP contribution in [0.1, 0.15) is 67.7 Å². The van der Waals surface area contributed by atoms with E-state index >= 15 is 0 Å². The first-order valence-electron chi connectivity index (χ1n) is 6.67. The maximum Gasteiger partial charge on any atom is 0.0174 e. The third-order valence-corrected chi connectivity index (χ3v) is 2.70. The van der Waals surface area contributed by atoms with Gasteiger partial charge in [0.05, 0.1) is 0 Å². The largest absolute Gasteiger partial charge is 0.375 e. The molecule has 0 aromatic carbocycles. The molecule has 0 radical (unpaired) electrons. The highest BCUT2D eigenvalue weighted by Crippen LogP contribution is 2.19. The monoisotopic (exact) mass is 213 g/mol. The maximum atomic E-state index is 2.49. The fraction of sp³-hybridized carbons (Fsp3) is 0.857. The Kier molecular flexibility index (Phi) is 13.1. The molecule has 1 nitrogen and oxygen atoms in total. The summed E-state index contributed by atoms with van der Waals surface area (Å²) in [5.74, 6) is 0. The van der Waals surface area contributed by atoms with Gasteiger partial charge in [-0.1, -0.05) is 33.3 Å². The lowest BCUT2D eigenvalue weighted by Gasteiger charge is -2.22. The smallest absolute Gasteiger partial charge is 0.0174 e. The Balaban J connectivity index is 0. The molecule has 1 rings (SSSR count). The highest BCUT2D eigenvalue weighted by Gasteiger charge is 2.09. The summed E-state index contributed by atoms with van der Waals surface area (Å²) in [6.07, 6.45) is 4.05. The molecule has 0 aliphatic carbocycles. The Morgan fingerprint density at radius 3 is 2.00 bits per heavy atom. The molecule has 0 saturated carbocycles. The van der Waals surface area contributed by atoms with E-state index in [4.69, 9.17) is 0 Å². The summed E-state index contributed by atoms with van der Waals surface area (Å²) >= 11 is 0. The molecule has 0 N–H and O–H groups in total. The molecule has 0 aromatic rings. The second-order valence-corrected chi connectivity index (χ2v) is 3.40. The van der Waals surface area contributed by atoms with E-state index in [9.17, 15) is 0 Å². The first-order valence-corrected chi connectivity index (χ1v) is 6.67. The Bertz CT molecular complexity index is 159. The van der Waals surface area contributed by atoms with Crippen LogP contribution in [0, 0.1) is 0 Å². The zero-order valence-electron chi connectivity index (χ0n) is 12.0. The van der Waals surface area contributed by atoms with Gasteiger partial charge in [0.15, 0.2) is 0 Å². The Morgan fingerprint density at radius 1 is 1.00 bits per heavy atom. The topological polar surface area (TPSA) is 3.24 Å². The highest BCUT2D eigenvalue weighted by atomic mass is 15.1. The van der Waals surface area contributed by atoms with Crippen LogP contribution in [0.3, 0.4) is 0 Å². The molecule has 0 saturated heterocycles. The molecule has 0 fully saturated rings. The molecule has 15 heavy (non-hydrogen) atoms. The molecule has 1 heteroatoms. The van der Waals surface area contributed by atoms with E-state index in [-0.39, 0.29) is 0 Å². The van der Waals surface area contributed by atoms with Gasteiger partial charge in [0.25, 0.3) is 0 Å². The third kappa shape index (κ3) is 6.59. The first-order chi connectivity index (χ1) is 7.25. The average Bonchev–Trinajstić information content (AvgIpc) is 2.48. The second kappa shape index (κ2) is 11.6. The van der Waals surface area contributed by atoms with Crippen LogP contribution < -0.4 is 0 Å². The van der Waals surface area contributed by atoms with Crippen molar-refractivity contribution in [3.63, 3.8) is 0 Å². The highest BCUT2D eigenvalue weighted by molar-refractivity contribution is 5.09. The van der Waals surface area contributed by atoms with Crippen LogP contribution in [0.25, 0.3) is 0 Å². The fourth-order valence-corrected chi connectivity index (χ4v) is 1.71. The summed E-state index contributed by atoms with van der Waals surface area (Å²) < 4.78 is 0.